The molecule has 0 aromatic heterocycles. The zero-order valence-corrected chi connectivity index (χ0v) is 9.33. The molecule has 0 radical (unpaired) electrons. The van der Waals surface area contributed by atoms with Crippen molar-refractivity contribution in [1.29, 1.82) is 0 Å². The van der Waals surface area contributed by atoms with Gasteiger partial charge in [-0.25, -0.2) is 4.39 Å². The van der Waals surface area contributed by atoms with Crippen molar-refractivity contribution in [2.75, 3.05) is 14.2 Å². The Labute approximate surface area is 92.6 Å². The fourth-order valence-electron chi connectivity index (χ4n) is 1.54. The van der Waals surface area contributed by atoms with Crippen LogP contribution < -0.4 is 9.47 Å². The van der Waals surface area contributed by atoms with E-state index in [9.17, 15) is 9.18 Å². The Morgan fingerprint density at radius 2 is 1.94 bits per heavy atom. The number of ether oxygens (including phenoxy) is 2. The van der Waals surface area contributed by atoms with E-state index in [1.165, 1.54) is 20.3 Å². The monoisotopic (exact) mass is 228 g/mol. The number of aliphatic carboxylic acids is 1. The highest BCUT2D eigenvalue weighted by Gasteiger charge is 2.19. The van der Waals surface area contributed by atoms with Gasteiger partial charge in [-0.2, -0.15) is 0 Å². The first-order valence-corrected chi connectivity index (χ1v) is 4.63. The largest absolute Gasteiger partial charge is 0.492 e. The molecule has 0 atom stereocenters. The Hall–Kier alpha value is -1.78. The Kier molecular flexibility index (Phi) is 3.71. The van der Waals surface area contributed by atoms with Crippen molar-refractivity contribution < 1.29 is 23.8 Å². The van der Waals surface area contributed by atoms with Gasteiger partial charge in [-0.3, -0.25) is 4.79 Å². The quantitative estimate of drug-likeness (QED) is 0.853. The van der Waals surface area contributed by atoms with Crippen LogP contribution in [-0.2, 0) is 11.2 Å². The van der Waals surface area contributed by atoms with Crippen molar-refractivity contribution in [1.82, 2.24) is 0 Å². The minimum absolute atomic E-state index is 0.0654. The van der Waals surface area contributed by atoms with Crippen LogP contribution >= 0.6 is 0 Å². The van der Waals surface area contributed by atoms with E-state index in [-0.39, 0.29) is 17.9 Å². The Morgan fingerprint density at radius 3 is 2.38 bits per heavy atom. The van der Waals surface area contributed by atoms with Crippen molar-refractivity contribution >= 4 is 5.97 Å². The normalized spacial score (nSPS) is 10.0. The molecule has 1 N–H and O–H groups in total. The average Bonchev–Trinajstić information content (AvgIpc) is 2.20. The molecule has 0 unspecified atom stereocenters. The summed E-state index contributed by atoms with van der Waals surface area (Å²) in [4.78, 5) is 10.7. The third kappa shape index (κ3) is 2.24. The van der Waals surface area contributed by atoms with Crippen LogP contribution in [0.3, 0.4) is 0 Å². The zero-order valence-electron chi connectivity index (χ0n) is 9.33. The molecular weight excluding hydrogens is 215 g/mol. The molecule has 4 nitrogen and oxygen atoms in total. The van der Waals surface area contributed by atoms with E-state index in [0.717, 1.165) is 0 Å². The molecule has 16 heavy (non-hydrogen) atoms. The summed E-state index contributed by atoms with van der Waals surface area (Å²) in [7, 11) is 2.66. The summed E-state index contributed by atoms with van der Waals surface area (Å²) in [5, 5.41) is 8.75. The summed E-state index contributed by atoms with van der Waals surface area (Å²) in [5.41, 5.74) is 0.950. The van der Waals surface area contributed by atoms with Crippen LogP contribution in [0, 0.1) is 12.7 Å². The summed E-state index contributed by atoms with van der Waals surface area (Å²) in [6.07, 6.45) is -0.231. The standard InChI is InChI=1S/C11H13FO4/c1-6-4-8(12)11(16-3)10(15-2)7(6)5-9(13)14/h4H,5H2,1-3H3,(H,13,14). The van der Waals surface area contributed by atoms with Gasteiger partial charge in [0.25, 0.3) is 0 Å². The van der Waals surface area contributed by atoms with Gasteiger partial charge >= 0.3 is 5.97 Å². The number of carboxylic acids is 1. The van der Waals surface area contributed by atoms with Crippen molar-refractivity contribution in [2.24, 2.45) is 0 Å². The lowest BCUT2D eigenvalue weighted by molar-refractivity contribution is -0.136. The highest BCUT2D eigenvalue weighted by atomic mass is 19.1. The molecule has 0 amide bonds. The molecule has 0 aliphatic heterocycles. The number of benzene rings is 1. The molecule has 0 aliphatic rings. The number of carboxylic acid groups (broad SMARTS) is 1. The molecule has 0 heterocycles. The van der Waals surface area contributed by atoms with Crippen molar-refractivity contribution in [3.8, 4) is 11.5 Å². The van der Waals surface area contributed by atoms with Gasteiger partial charge in [-0.05, 0) is 18.6 Å². The van der Waals surface area contributed by atoms with Crippen LogP contribution in [0.1, 0.15) is 11.1 Å². The minimum Gasteiger partial charge on any atom is -0.492 e. The van der Waals surface area contributed by atoms with E-state index in [0.29, 0.717) is 11.1 Å². The molecule has 88 valence electrons. The van der Waals surface area contributed by atoms with Crippen molar-refractivity contribution in [3.63, 3.8) is 0 Å². The number of rotatable bonds is 4. The van der Waals surface area contributed by atoms with E-state index in [1.807, 2.05) is 0 Å². The van der Waals surface area contributed by atoms with Gasteiger partial charge < -0.3 is 14.6 Å². The predicted molar refractivity (Wildman–Crippen MR) is 55.6 cm³/mol. The molecule has 0 saturated carbocycles. The van der Waals surface area contributed by atoms with E-state index < -0.39 is 11.8 Å². The van der Waals surface area contributed by atoms with Crippen molar-refractivity contribution in [3.05, 3.63) is 23.0 Å². The smallest absolute Gasteiger partial charge is 0.307 e. The number of halogens is 1. The number of aryl methyl sites for hydroxylation is 1. The highest BCUT2D eigenvalue weighted by molar-refractivity contribution is 5.73. The van der Waals surface area contributed by atoms with E-state index >= 15 is 0 Å². The number of hydrogen-bond donors (Lipinski definition) is 1. The van der Waals surface area contributed by atoms with Crippen molar-refractivity contribution in [2.45, 2.75) is 13.3 Å². The predicted octanol–water partition coefficient (Wildman–Crippen LogP) is 1.78. The molecule has 1 rings (SSSR count). The van der Waals surface area contributed by atoms with Gasteiger partial charge in [0.2, 0.25) is 0 Å². The third-order valence-corrected chi connectivity index (χ3v) is 2.25. The Bertz CT molecular complexity index is 415. The highest BCUT2D eigenvalue weighted by Crippen LogP contribution is 2.36. The van der Waals surface area contributed by atoms with Crippen LogP contribution in [0.5, 0.6) is 11.5 Å². The van der Waals surface area contributed by atoms with Gasteiger partial charge in [-0.15, -0.1) is 0 Å². The third-order valence-electron chi connectivity index (χ3n) is 2.25. The van der Waals surface area contributed by atoms with E-state index in [4.69, 9.17) is 14.6 Å². The summed E-state index contributed by atoms with van der Waals surface area (Å²) < 4.78 is 23.3. The summed E-state index contributed by atoms with van der Waals surface area (Å²) in [6, 6.07) is 1.24. The zero-order chi connectivity index (χ0) is 12.3. The number of carbonyl (C=O) groups is 1. The minimum atomic E-state index is -1.00. The summed E-state index contributed by atoms with van der Waals surface area (Å²) in [6.45, 7) is 1.63. The van der Waals surface area contributed by atoms with Gasteiger partial charge in [-0.1, -0.05) is 0 Å². The van der Waals surface area contributed by atoms with Gasteiger partial charge in [0.05, 0.1) is 20.6 Å². The molecule has 0 aliphatic carbocycles. The lowest BCUT2D eigenvalue weighted by atomic mass is 10.0. The molecule has 1 aromatic carbocycles. The maximum absolute atomic E-state index is 13.5. The lowest BCUT2D eigenvalue weighted by Crippen LogP contribution is -2.07. The second kappa shape index (κ2) is 4.83. The number of hydrogen-bond acceptors (Lipinski definition) is 3. The second-order valence-electron chi connectivity index (χ2n) is 3.29. The molecule has 5 heteroatoms. The van der Waals surface area contributed by atoms with Gasteiger partial charge in [0.15, 0.2) is 17.3 Å². The molecular formula is C11H13FO4. The summed E-state index contributed by atoms with van der Waals surface area (Å²) >= 11 is 0. The summed E-state index contributed by atoms with van der Waals surface area (Å²) in [5.74, 6) is -1.49. The molecule has 1 aromatic rings. The lowest BCUT2D eigenvalue weighted by Gasteiger charge is -2.14. The first kappa shape index (κ1) is 12.3. The second-order valence-corrected chi connectivity index (χ2v) is 3.29. The maximum Gasteiger partial charge on any atom is 0.307 e. The SMILES string of the molecule is COc1c(F)cc(C)c(CC(=O)O)c1OC. The van der Waals surface area contributed by atoms with E-state index in [2.05, 4.69) is 0 Å². The Balaban J connectivity index is 3.39. The fourth-order valence-corrected chi connectivity index (χ4v) is 1.54. The van der Waals surface area contributed by atoms with Crippen LogP contribution in [0.15, 0.2) is 6.07 Å². The average molecular weight is 228 g/mol. The van der Waals surface area contributed by atoms with E-state index in [1.54, 1.807) is 6.92 Å². The Morgan fingerprint density at radius 1 is 1.38 bits per heavy atom. The van der Waals surface area contributed by atoms with Gasteiger partial charge in [0, 0.05) is 5.56 Å². The molecule has 0 fully saturated rings. The van der Waals surface area contributed by atoms with Gasteiger partial charge in [0.1, 0.15) is 0 Å². The fraction of sp³-hybridized carbons (Fsp3) is 0.364. The topological polar surface area (TPSA) is 55.8 Å². The van der Waals surface area contributed by atoms with Crippen LogP contribution in [0.4, 0.5) is 4.39 Å². The first-order valence-electron chi connectivity index (χ1n) is 4.63. The molecule has 0 spiro atoms. The maximum atomic E-state index is 13.5. The van der Waals surface area contributed by atoms with Crippen LogP contribution in [-0.4, -0.2) is 25.3 Å². The molecule has 0 bridgehead atoms. The first-order chi connectivity index (χ1) is 7.51. The molecule has 0 saturated heterocycles. The van der Waals surface area contributed by atoms with Crippen LogP contribution in [0.25, 0.3) is 0 Å². The number of methoxy groups -OCH3 is 2. The van der Waals surface area contributed by atoms with Crippen LogP contribution in [0.2, 0.25) is 0 Å².